The molecule has 0 spiro atoms. The summed E-state index contributed by atoms with van der Waals surface area (Å²) >= 11 is 0. The number of hydrogen-bond acceptors (Lipinski definition) is 10. The van der Waals surface area contributed by atoms with Gasteiger partial charge in [0.2, 0.25) is 0 Å². The third kappa shape index (κ3) is 49.0. The van der Waals surface area contributed by atoms with E-state index in [1.165, 1.54) is 180 Å². The van der Waals surface area contributed by atoms with Crippen LogP contribution in [0.25, 0.3) is 0 Å². The molecule has 1 unspecified atom stereocenters. The maximum absolute atomic E-state index is 14.3. The maximum atomic E-state index is 14.3. The zero-order valence-electron chi connectivity index (χ0n) is 49.8. The van der Waals surface area contributed by atoms with Gasteiger partial charge in [-0.3, -0.25) is 9.59 Å². The lowest BCUT2D eigenvalue weighted by Crippen LogP contribution is -2.45. The second-order valence-electron chi connectivity index (χ2n) is 21.6. The first kappa shape index (κ1) is 71.2. The van der Waals surface area contributed by atoms with Crippen molar-refractivity contribution in [1.82, 2.24) is 9.80 Å². The predicted octanol–water partition coefficient (Wildman–Crippen LogP) is 15.6. The SMILES string of the molecule is CCCCCCCC/C=C\CCCCCCCCOCC(OCCCCCCCC/C=C\CCCCCCCC)C(=O)N(CCCCCCCC)CCOCCOCCOCCOCCOC(=O)C1CCN(C)CC1. The average Bonchev–Trinajstić information content (AvgIpc) is 3.42. The van der Waals surface area contributed by atoms with E-state index >= 15 is 0 Å². The molecule has 1 fully saturated rings. The van der Waals surface area contributed by atoms with Crippen LogP contribution in [-0.2, 0) is 42.7 Å². The van der Waals surface area contributed by atoms with Crippen molar-refractivity contribution < 1.29 is 42.7 Å². The fourth-order valence-electron chi connectivity index (χ4n) is 9.53. The summed E-state index contributed by atoms with van der Waals surface area (Å²) in [7, 11) is 2.08. The number of unbranched alkanes of at least 4 members (excludes halogenated alkanes) is 29. The number of esters is 1. The van der Waals surface area contributed by atoms with Crippen LogP contribution in [0.2, 0.25) is 0 Å². The molecule has 442 valence electrons. The zero-order valence-corrected chi connectivity index (χ0v) is 49.8. The highest BCUT2D eigenvalue weighted by atomic mass is 16.6. The number of ether oxygens (including phenoxy) is 7. The van der Waals surface area contributed by atoms with Gasteiger partial charge in [0.25, 0.3) is 5.91 Å². The molecule has 1 rings (SSSR count). The number of carbonyl (C=O) groups is 2. The Bertz CT molecular complexity index is 1240. The molecule has 1 atom stereocenters. The van der Waals surface area contributed by atoms with Crippen LogP contribution >= 0.6 is 0 Å². The van der Waals surface area contributed by atoms with Gasteiger partial charge in [-0.2, -0.15) is 0 Å². The van der Waals surface area contributed by atoms with Gasteiger partial charge in [-0.05, 0) is 104 Å². The minimum atomic E-state index is -0.595. The lowest BCUT2D eigenvalue weighted by atomic mass is 9.97. The molecule has 0 saturated carbocycles. The molecule has 11 nitrogen and oxygen atoms in total. The van der Waals surface area contributed by atoms with E-state index in [2.05, 4.69) is 57.0 Å². The van der Waals surface area contributed by atoms with Crippen LogP contribution in [-0.4, -0.2) is 140 Å². The molecule has 0 bridgehead atoms. The standard InChI is InChI=1S/C64H122N2O9/c1-5-8-11-14-17-19-21-23-25-27-29-31-33-35-38-41-49-73-60-62(74-50-42-39-36-34-32-30-28-26-24-22-20-18-15-12-9-6-2)63(67)66(45-40-37-16-13-10-7-3)48-51-69-52-53-70-54-55-71-56-57-72-58-59-75-64(68)61-43-46-65(4)47-44-61/h23-26,61-62H,5-22,27-60H2,1-4H3/b25-23-,26-24-. The Kier molecular flexibility index (Phi) is 55.3. The monoisotopic (exact) mass is 1060 g/mol. The van der Waals surface area contributed by atoms with Crippen molar-refractivity contribution in [2.24, 2.45) is 5.92 Å². The quantitative estimate of drug-likeness (QED) is 0.0332. The minimum Gasteiger partial charge on any atom is -0.463 e. The van der Waals surface area contributed by atoms with Crippen molar-refractivity contribution in [2.75, 3.05) is 113 Å². The number of allylic oxidation sites excluding steroid dienone is 4. The Labute approximate surface area is 463 Å². The van der Waals surface area contributed by atoms with Gasteiger partial charge in [0.15, 0.2) is 6.10 Å². The fourth-order valence-corrected chi connectivity index (χ4v) is 9.53. The van der Waals surface area contributed by atoms with Gasteiger partial charge in [-0.1, -0.05) is 193 Å². The van der Waals surface area contributed by atoms with Gasteiger partial charge in [-0.15, -0.1) is 0 Å². The highest BCUT2D eigenvalue weighted by Gasteiger charge is 2.26. The number of nitrogens with zero attached hydrogens (tertiary/aromatic N) is 2. The summed E-state index contributed by atoms with van der Waals surface area (Å²) in [5.41, 5.74) is 0. The summed E-state index contributed by atoms with van der Waals surface area (Å²) in [4.78, 5) is 30.7. The Morgan fingerprint density at radius 2 is 0.800 bits per heavy atom. The lowest BCUT2D eigenvalue weighted by Gasteiger charge is -2.28. The Hall–Kier alpha value is -1.86. The molecule has 1 saturated heterocycles. The van der Waals surface area contributed by atoms with Crippen molar-refractivity contribution in [3.8, 4) is 0 Å². The first-order valence-electron chi connectivity index (χ1n) is 32.0. The van der Waals surface area contributed by atoms with Gasteiger partial charge >= 0.3 is 5.97 Å². The molecule has 0 aromatic rings. The molecule has 1 heterocycles. The average molecular weight is 1060 g/mol. The smallest absolute Gasteiger partial charge is 0.309 e. The number of carbonyl (C=O) groups excluding carboxylic acids is 2. The Balaban J connectivity index is 2.47. The highest BCUT2D eigenvalue weighted by molar-refractivity contribution is 5.81. The van der Waals surface area contributed by atoms with E-state index in [0.717, 1.165) is 64.5 Å². The second kappa shape index (κ2) is 58.3. The van der Waals surface area contributed by atoms with Gasteiger partial charge in [-0.25, -0.2) is 0 Å². The summed E-state index contributed by atoms with van der Waals surface area (Å²) in [6.07, 6.45) is 53.4. The van der Waals surface area contributed by atoms with Gasteiger partial charge in [0.05, 0.1) is 65.4 Å². The molecule has 75 heavy (non-hydrogen) atoms. The van der Waals surface area contributed by atoms with Crippen LogP contribution in [0.4, 0.5) is 0 Å². The molecular weight excluding hydrogens is 941 g/mol. The molecule has 1 aliphatic heterocycles. The summed E-state index contributed by atoms with van der Waals surface area (Å²) in [6, 6.07) is 0. The number of amides is 1. The number of likely N-dealkylation sites (tertiary alicyclic amines) is 1. The van der Waals surface area contributed by atoms with Crippen molar-refractivity contribution in [3.63, 3.8) is 0 Å². The summed E-state index contributed by atoms with van der Waals surface area (Å²) in [5.74, 6) is -0.0639. The number of rotatable bonds is 59. The van der Waals surface area contributed by atoms with Crippen LogP contribution in [0.15, 0.2) is 24.3 Å². The summed E-state index contributed by atoms with van der Waals surface area (Å²) in [6.45, 7) is 15.3. The van der Waals surface area contributed by atoms with E-state index in [0.29, 0.717) is 85.8 Å². The first-order chi connectivity index (χ1) is 37.0. The van der Waals surface area contributed by atoms with Crippen LogP contribution in [0.5, 0.6) is 0 Å². The minimum absolute atomic E-state index is 0.0102. The normalized spacial score (nSPS) is 14.0. The lowest BCUT2D eigenvalue weighted by molar-refractivity contribution is -0.152. The molecule has 0 N–H and O–H groups in total. The molecule has 1 aliphatic rings. The van der Waals surface area contributed by atoms with Crippen LogP contribution in [0.1, 0.15) is 252 Å². The third-order valence-electron chi connectivity index (χ3n) is 14.6. The molecular formula is C64H122N2O9. The topological polar surface area (TPSA) is 105 Å². The van der Waals surface area contributed by atoms with E-state index in [1.54, 1.807) is 0 Å². The van der Waals surface area contributed by atoms with Crippen molar-refractivity contribution in [3.05, 3.63) is 24.3 Å². The molecule has 0 radical (unpaired) electrons. The highest BCUT2D eigenvalue weighted by Crippen LogP contribution is 2.18. The summed E-state index contributed by atoms with van der Waals surface area (Å²) < 4.78 is 41.0. The Morgan fingerprint density at radius 1 is 0.427 bits per heavy atom. The maximum Gasteiger partial charge on any atom is 0.309 e. The van der Waals surface area contributed by atoms with Crippen molar-refractivity contribution in [1.29, 1.82) is 0 Å². The molecule has 0 aromatic carbocycles. The first-order valence-corrected chi connectivity index (χ1v) is 32.0. The van der Waals surface area contributed by atoms with E-state index in [4.69, 9.17) is 33.2 Å². The Morgan fingerprint density at radius 3 is 1.25 bits per heavy atom. The molecule has 0 aromatic heterocycles. The molecule has 1 amide bonds. The van der Waals surface area contributed by atoms with E-state index in [9.17, 15) is 9.59 Å². The predicted molar refractivity (Wildman–Crippen MR) is 314 cm³/mol. The summed E-state index contributed by atoms with van der Waals surface area (Å²) in [5, 5.41) is 0. The number of piperidine rings is 1. The van der Waals surface area contributed by atoms with Crippen LogP contribution in [0, 0.1) is 5.92 Å². The second-order valence-corrected chi connectivity index (χ2v) is 21.6. The van der Waals surface area contributed by atoms with E-state index in [1.807, 2.05) is 4.90 Å². The van der Waals surface area contributed by atoms with Crippen molar-refractivity contribution in [2.45, 2.75) is 258 Å². The van der Waals surface area contributed by atoms with Gasteiger partial charge < -0.3 is 43.0 Å². The van der Waals surface area contributed by atoms with E-state index < -0.39 is 6.10 Å². The van der Waals surface area contributed by atoms with Gasteiger partial charge in [0, 0.05) is 26.3 Å². The fraction of sp³-hybridized carbons (Fsp3) is 0.906. The molecule has 11 heteroatoms. The van der Waals surface area contributed by atoms with Gasteiger partial charge in [0.1, 0.15) is 6.61 Å². The third-order valence-corrected chi connectivity index (χ3v) is 14.6. The van der Waals surface area contributed by atoms with Crippen LogP contribution in [0.3, 0.4) is 0 Å². The number of hydrogen-bond donors (Lipinski definition) is 0. The zero-order chi connectivity index (χ0) is 54.0. The molecule has 0 aliphatic carbocycles. The van der Waals surface area contributed by atoms with Crippen LogP contribution < -0.4 is 0 Å². The largest absolute Gasteiger partial charge is 0.463 e. The van der Waals surface area contributed by atoms with Crippen molar-refractivity contribution >= 4 is 11.9 Å². The van der Waals surface area contributed by atoms with E-state index in [-0.39, 0.29) is 24.4 Å².